The Bertz CT molecular complexity index is 258. The highest BCUT2D eigenvalue weighted by molar-refractivity contribution is 5.45. The molecular weight excluding hydrogens is 334 g/mol. The first-order chi connectivity index (χ1) is 12.4. The van der Waals surface area contributed by atoms with Gasteiger partial charge in [-0.25, -0.2) is 0 Å². The summed E-state index contributed by atoms with van der Waals surface area (Å²) in [5.74, 6) is 0. The highest BCUT2D eigenvalue weighted by atomic mass is 16.6. The molecule has 0 aromatic carbocycles. The van der Waals surface area contributed by atoms with Gasteiger partial charge in [0.15, 0.2) is 0 Å². The molecule has 0 aromatic heterocycles. The molecule has 1 N–H and O–H groups in total. The number of hydrogen-bond acceptors (Lipinski definition) is 8. The van der Waals surface area contributed by atoms with E-state index in [1.54, 1.807) is 7.11 Å². The summed E-state index contributed by atoms with van der Waals surface area (Å²) in [5.41, 5.74) is 0. The summed E-state index contributed by atoms with van der Waals surface area (Å²) in [6, 6.07) is 0. The molecule has 9 nitrogen and oxygen atoms in total. The van der Waals surface area contributed by atoms with Gasteiger partial charge >= 0.3 is 0 Å². The Kier molecular flexibility index (Phi) is 22.4. The number of hydrogen-bond donors (Lipinski definition) is 1. The molecule has 0 atom stereocenters. The minimum atomic E-state index is 0.487. The van der Waals surface area contributed by atoms with Crippen molar-refractivity contribution in [1.82, 2.24) is 5.32 Å². The van der Waals surface area contributed by atoms with Crippen molar-refractivity contribution in [1.29, 1.82) is 0 Å². The van der Waals surface area contributed by atoms with Crippen molar-refractivity contribution in [2.45, 2.75) is 0 Å². The van der Waals surface area contributed by atoms with E-state index < -0.39 is 0 Å². The molecule has 1 amide bonds. The lowest BCUT2D eigenvalue weighted by Crippen LogP contribution is -2.19. The van der Waals surface area contributed by atoms with Crippen LogP contribution in [0.5, 0.6) is 0 Å². The molecule has 150 valence electrons. The topological polar surface area (TPSA) is 93.7 Å². The van der Waals surface area contributed by atoms with Crippen LogP contribution in [0.2, 0.25) is 0 Å². The van der Waals surface area contributed by atoms with Crippen LogP contribution in [0.1, 0.15) is 0 Å². The summed E-state index contributed by atoms with van der Waals surface area (Å²) in [5, 5.41) is 2.51. The zero-order chi connectivity index (χ0) is 18.3. The molecule has 0 saturated heterocycles. The van der Waals surface area contributed by atoms with E-state index in [0.717, 1.165) is 0 Å². The van der Waals surface area contributed by atoms with Gasteiger partial charge in [-0.3, -0.25) is 4.79 Å². The third kappa shape index (κ3) is 23.2. The highest BCUT2D eigenvalue weighted by Crippen LogP contribution is 1.84. The molecule has 25 heavy (non-hydrogen) atoms. The molecule has 0 aromatic rings. The lowest BCUT2D eigenvalue weighted by molar-refractivity contribution is -0.109. The summed E-state index contributed by atoms with van der Waals surface area (Å²) in [6.07, 6.45) is 0.648. The van der Waals surface area contributed by atoms with Gasteiger partial charge in [0.2, 0.25) is 6.41 Å². The minimum absolute atomic E-state index is 0.487. The van der Waals surface area contributed by atoms with E-state index in [4.69, 9.17) is 33.2 Å². The van der Waals surface area contributed by atoms with Gasteiger partial charge in [-0.15, -0.1) is 0 Å². The van der Waals surface area contributed by atoms with Gasteiger partial charge in [-0.1, -0.05) is 0 Å². The second-order valence-electron chi connectivity index (χ2n) is 4.74. The summed E-state index contributed by atoms with van der Waals surface area (Å²) in [7, 11) is 1.64. The average molecular weight is 367 g/mol. The van der Waals surface area contributed by atoms with E-state index in [2.05, 4.69) is 5.32 Å². The molecule has 0 heterocycles. The van der Waals surface area contributed by atoms with Crippen molar-refractivity contribution in [3.8, 4) is 0 Å². The molecule has 0 aliphatic carbocycles. The second-order valence-corrected chi connectivity index (χ2v) is 4.74. The lowest BCUT2D eigenvalue weighted by Gasteiger charge is -2.08. The van der Waals surface area contributed by atoms with Crippen molar-refractivity contribution in [2.75, 3.05) is 99.5 Å². The van der Waals surface area contributed by atoms with E-state index in [0.29, 0.717) is 98.8 Å². The number of ether oxygens (including phenoxy) is 7. The maximum Gasteiger partial charge on any atom is 0.207 e. The molecule has 0 rings (SSSR count). The van der Waals surface area contributed by atoms with Crippen LogP contribution in [0, 0.1) is 0 Å². The normalized spacial score (nSPS) is 10.9. The van der Waals surface area contributed by atoms with Crippen molar-refractivity contribution in [2.24, 2.45) is 0 Å². The third-order valence-electron chi connectivity index (χ3n) is 2.77. The largest absolute Gasteiger partial charge is 0.382 e. The molecule has 0 fully saturated rings. The number of amides is 1. The molecule has 0 saturated carbocycles. The van der Waals surface area contributed by atoms with E-state index >= 15 is 0 Å². The van der Waals surface area contributed by atoms with Crippen molar-refractivity contribution < 1.29 is 38.0 Å². The van der Waals surface area contributed by atoms with Crippen molar-refractivity contribution >= 4 is 6.41 Å². The summed E-state index contributed by atoms with van der Waals surface area (Å²) >= 11 is 0. The quantitative estimate of drug-likeness (QED) is 0.202. The molecule has 0 aliphatic heterocycles. The molecule has 0 radical (unpaired) electrons. The predicted molar refractivity (Wildman–Crippen MR) is 90.9 cm³/mol. The molecular formula is C16H33NO8. The fourth-order valence-electron chi connectivity index (χ4n) is 1.53. The van der Waals surface area contributed by atoms with Crippen LogP contribution >= 0.6 is 0 Å². The van der Waals surface area contributed by atoms with E-state index in [9.17, 15) is 4.79 Å². The third-order valence-corrected chi connectivity index (χ3v) is 2.77. The average Bonchev–Trinajstić information content (AvgIpc) is 2.63. The van der Waals surface area contributed by atoms with Crippen molar-refractivity contribution in [3.63, 3.8) is 0 Å². The van der Waals surface area contributed by atoms with Gasteiger partial charge in [-0.2, -0.15) is 0 Å². The van der Waals surface area contributed by atoms with Gasteiger partial charge < -0.3 is 38.5 Å². The SMILES string of the molecule is COCCOCCOCCOCCOCCOCCOCCNC=O. The van der Waals surface area contributed by atoms with Gasteiger partial charge in [-0.05, 0) is 0 Å². The van der Waals surface area contributed by atoms with Gasteiger partial charge in [0.25, 0.3) is 0 Å². The Hall–Kier alpha value is -0.810. The molecule has 0 unspecified atom stereocenters. The van der Waals surface area contributed by atoms with Crippen LogP contribution in [-0.2, 0) is 38.0 Å². The number of carbonyl (C=O) groups excluding carboxylic acids is 1. The van der Waals surface area contributed by atoms with Crippen molar-refractivity contribution in [3.05, 3.63) is 0 Å². The maximum absolute atomic E-state index is 9.98. The Balaban J connectivity index is 2.95. The van der Waals surface area contributed by atoms with E-state index in [-0.39, 0.29) is 0 Å². The van der Waals surface area contributed by atoms with Gasteiger partial charge in [0.1, 0.15) is 0 Å². The molecule has 9 heteroatoms. The Labute approximate surface area is 150 Å². The van der Waals surface area contributed by atoms with Crippen LogP contribution in [0.3, 0.4) is 0 Å². The lowest BCUT2D eigenvalue weighted by atomic mass is 10.6. The molecule has 0 bridgehead atoms. The van der Waals surface area contributed by atoms with Crippen LogP contribution in [0.25, 0.3) is 0 Å². The Morgan fingerprint density at radius 3 is 1.20 bits per heavy atom. The monoisotopic (exact) mass is 367 g/mol. The fourth-order valence-corrected chi connectivity index (χ4v) is 1.53. The first-order valence-electron chi connectivity index (χ1n) is 8.54. The summed E-state index contributed by atoms with van der Waals surface area (Å²) in [6.45, 7) is 7.48. The van der Waals surface area contributed by atoms with Crippen LogP contribution in [0.4, 0.5) is 0 Å². The fraction of sp³-hybridized carbons (Fsp3) is 0.938. The zero-order valence-electron chi connectivity index (χ0n) is 15.2. The van der Waals surface area contributed by atoms with E-state index in [1.807, 2.05) is 0 Å². The maximum atomic E-state index is 9.98. The van der Waals surface area contributed by atoms with E-state index in [1.165, 1.54) is 0 Å². The first kappa shape index (κ1) is 24.2. The van der Waals surface area contributed by atoms with Crippen LogP contribution < -0.4 is 5.32 Å². The second kappa shape index (κ2) is 23.2. The highest BCUT2D eigenvalue weighted by Gasteiger charge is 1.94. The molecule has 0 spiro atoms. The standard InChI is InChI=1S/C16H33NO8/c1-19-4-5-21-8-9-23-12-13-25-15-14-24-11-10-22-7-6-20-3-2-17-16-18/h16H,2-15H2,1H3,(H,17,18). The zero-order valence-corrected chi connectivity index (χ0v) is 15.2. The predicted octanol–water partition coefficient (Wildman–Crippen LogP) is -0.522. The number of carbonyl (C=O) groups is 1. The Morgan fingerprint density at radius 2 is 0.880 bits per heavy atom. The number of nitrogens with one attached hydrogen (secondary N) is 1. The van der Waals surface area contributed by atoms with Crippen LogP contribution in [-0.4, -0.2) is 106 Å². The number of rotatable bonds is 22. The van der Waals surface area contributed by atoms with Gasteiger partial charge in [0.05, 0.1) is 85.9 Å². The van der Waals surface area contributed by atoms with Crippen LogP contribution in [0.15, 0.2) is 0 Å². The Morgan fingerprint density at radius 1 is 0.560 bits per heavy atom. The van der Waals surface area contributed by atoms with Gasteiger partial charge in [0, 0.05) is 13.7 Å². The first-order valence-corrected chi connectivity index (χ1v) is 8.54. The summed E-state index contributed by atoms with van der Waals surface area (Å²) in [4.78, 5) is 9.98. The number of methoxy groups -OCH3 is 1. The minimum Gasteiger partial charge on any atom is -0.382 e. The smallest absolute Gasteiger partial charge is 0.207 e. The molecule has 0 aliphatic rings. The summed E-state index contributed by atoms with van der Waals surface area (Å²) < 4.78 is 36.7.